The van der Waals surface area contributed by atoms with Crippen LogP contribution in [-0.2, 0) is 0 Å². The van der Waals surface area contributed by atoms with Crippen molar-refractivity contribution in [2.24, 2.45) is 4.99 Å². The van der Waals surface area contributed by atoms with Gasteiger partial charge in [0.2, 0.25) is 0 Å². The van der Waals surface area contributed by atoms with E-state index in [1.165, 1.54) is 16.7 Å². The molecule has 3 nitrogen and oxygen atoms in total. The van der Waals surface area contributed by atoms with Crippen molar-refractivity contribution in [2.45, 2.75) is 47.0 Å². The molecule has 3 aromatic rings. The van der Waals surface area contributed by atoms with Gasteiger partial charge < -0.3 is 4.98 Å². The van der Waals surface area contributed by atoms with Crippen molar-refractivity contribution >= 4 is 29.5 Å². The van der Waals surface area contributed by atoms with Gasteiger partial charge in [0.15, 0.2) is 0 Å². The molecule has 0 atom stereocenters. The quantitative estimate of drug-likeness (QED) is 0.443. The average Bonchev–Trinajstić information content (AvgIpc) is 3.17. The minimum atomic E-state index is 0.337. The number of aromatic amines is 1. The Kier molecular flexibility index (Phi) is 7.42. The fourth-order valence-corrected chi connectivity index (χ4v) is 3.26. The second kappa shape index (κ2) is 10.2. The van der Waals surface area contributed by atoms with E-state index in [0.29, 0.717) is 5.92 Å². The average molecular weight is 424 g/mol. The molecule has 164 valence electrons. The molecule has 0 aliphatic carbocycles. The van der Waals surface area contributed by atoms with E-state index < -0.39 is 0 Å². The van der Waals surface area contributed by atoms with E-state index in [0.717, 1.165) is 45.4 Å². The van der Waals surface area contributed by atoms with Gasteiger partial charge in [-0.3, -0.25) is 4.99 Å². The van der Waals surface area contributed by atoms with Crippen LogP contribution in [0, 0.1) is 0 Å². The van der Waals surface area contributed by atoms with Crippen LogP contribution in [0.2, 0.25) is 0 Å². The maximum Gasteiger partial charge on any atom is 0.109 e. The van der Waals surface area contributed by atoms with Crippen molar-refractivity contribution in [1.82, 2.24) is 9.97 Å². The van der Waals surface area contributed by atoms with Crippen LogP contribution in [0.4, 0.5) is 0 Å². The van der Waals surface area contributed by atoms with Crippen LogP contribution in [0.15, 0.2) is 66.3 Å². The lowest BCUT2D eigenvalue weighted by atomic mass is 9.99. The van der Waals surface area contributed by atoms with Gasteiger partial charge in [-0.15, -0.1) is 0 Å². The predicted octanol–water partition coefficient (Wildman–Crippen LogP) is 6.34. The fraction of sp³-hybridized carbons (Fsp3) is 0.241. The lowest BCUT2D eigenvalue weighted by Crippen LogP contribution is -2.22. The number of benzene rings is 2. The van der Waals surface area contributed by atoms with Crippen molar-refractivity contribution in [1.29, 1.82) is 0 Å². The zero-order chi connectivity index (χ0) is 23.3. The number of nitrogens with one attached hydrogen (secondary N) is 1. The molecule has 1 N–H and O–H groups in total. The standard InChI is InChI=1S/C29H33N3/c1-8-22(6)30-18-21(5)25-11-15-27(16-12-25)26-13-9-24(10-14-26)20(4)17-28-23(7)31-29(32-28)19(2)3/h9-19H,4,7-8H2,1-3,5-6H3,(H,31,32)/b21-18+,28-17+,30-22?. The first-order valence-electron chi connectivity index (χ1n) is 11.1. The predicted molar refractivity (Wildman–Crippen MR) is 140 cm³/mol. The Hall–Kier alpha value is -3.46. The first kappa shape index (κ1) is 23.2. The first-order valence-corrected chi connectivity index (χ1v) is 11.1. The summed E-state index contributed by atoms with van der Waals surface area (Å²) in [6, 6.07) is 17.1. The van der Waals surface area contributed by atoms with Crippen molar-refractivity contribution in [2.75, 3.05) is 0 Å². The first-order chi connectivity index (χ1) is 15.3. The number of hydrogen-bond donors (Lipinski definition) is 1. The summed E-state index contributed by atoms with van der Waals surface area (Å²) in [6.07, 6.45) is 4.91. The van der Waals surface area contributed by atoms with Crippen LogP contribution in [0.1, 0.15) is 63.9 Å². The minimum Gasteiger partial charge on any atom is -0.342 e. The topological polar surface area (TPSA) is 41.0 Å². The van der Waals surface area contributed by atoms with Gasteiger partial charge >= 0.3 is 0 Å². The normalized spacial score (nSPS) is 13.1. The number of imidazole rings is 1. The zero-order valence-electron chi connectivity index (χ0n) is 19.9. The van der Waals surface area contributed by atoms with Crippen LogP contribution in [-0.4, -0.2) is 15.7 Å². The van der Waals surface area contributed by atoms with E-state index in [-0.39, 0.29) is 0 Å². The van der Waals surface area contributed by atoms with Gasteiger partial charge in [-0.05, 0) is 59.7 Å². The molecule has 32 heavy (non-hydrogen) atoms. The van der Waals surface area contributed by atoms with Crippen LogP contribution in [0.5, 0.6) is 0 Å². The Balaban J connectivity index is 1.78. The monoisotopic (exact) mass is 423 g/mol. The third-order valence-corrected chi connectivity index (χ3v) is 5.61. The SMILES string of the molecule is C=C(/C=c1/nc(C(C)C)[nH]c1=C)c1ccc(-c2ccc(/C(C)=C/N=C(C)CC)cc2)cc1. The van der Waals surface area contributed by atoms with Crippen LogP contribution in [0.25, 0.3) is 34.9 Å². The maximum absolute atomic E-state index is 4.64. The summed E-state index contributed by atoms with van der Waals surface area (Å²) < 4.78 is 0. The second-order valence-electron chi connectivity index (χ2n) is 8.49. The van der Waals surface area contributed by atoms with Gasteiger partial charge in [0.25, 0.3) is 0 Å². The van der Waals surface area contributed by atoms with E-state index in [4.69, 9.17) is 0 Å². The highest BCUT2D eigenvalue weighted by Crippen LogP contribution is 2.24. The summed E-state index contributed by atoms with van der Waals surface area (Å²) >= 11 is 0. The van der Waals surface area contributed by atoms with Crippen molar-refractivity contribution in [3.05, 3.63) is 89.0 Å². The Morgan fingerprint density at radius 3 is 2.06 bits per heavy atom. The van der Waals surface area contributed by atoms with E-state index >= 15 is 0 Å². The fourth-order valence-electron chi connectivity index (χ4n) is 3.26. The highest BCUT2D eigenvalue weighted by atomic mass is 14.9. The van der Waals surface area contributed by atoms with Crippen molar-refractivity contribution in [3.8, 4) is 11.1 Å². The molecule has 3 rings (SSSR count). The third kappa shape index (κ3) is 5.61. The van der Waals surface area contributed by atoms with Gasteiger partial charge in [0.1, 0.15) is 5.82 Å². The molecular weight excluding hydrogens is 390 g/mol. The van der Waals surface area contributed by atoms with Gasteiger partial charge in [-0.1, -0.05) is 82.5 Å². The molecule has 0 bridgehead atoms. The number of nitrogens with zero attached hydrogens (tertiary/aromatic N) is 2. The van der Waals surface area contributed by atoms with Crippen LogP contribution in [0.3, 0.4) is 0 Å². The molecule has 0 saturated carbocycles. The lowest BCUT2D eigenvalue weighted by Gasteiger charge is -2.07. The van der Waals surface area contributed by atoms with Crippen molar-refractivity contribution in [3.63, 3.8) is 0 Å². The van der Waals surface area contributed by atoms with E-state index in [2.05, 4.69) is 111 Å². The highest BCUT2D eigenvalue weighted by molar-refractivity contribution is 5.87. The summed E-state index contributed by atoms with van der Waals surface area (Å²) in [6.45, 7) is 18.8. The summed E-state index contributed by atoms with van der Waals surface area (Å²) in [5.41, 5.74) is 7.84. The zero-order valence-corrected chi connectivity index (χ0v) is 19.9. The molecular formula is C29H33N3. The van der Waals surface area contributed by atoms with E-state index in [1.54, 1.807) is 0 Å². The van der Waals surface area contributed by atoms with Crippen molar-refractivity contribution < 1.29 is 0 Å². The largest absolute Gasteiger partial charge is 0.342 e. The van der Waals surface area contributed by atoms with Crippen LogP contribution >= 0.6 is 0 Å². The summed E-state index contributed by atoms with van der Waals surface area (Å²) in [4.78, 5) is 12.4. The molecule has 0 amide bonds. The molecule has 0 unspecified atom stereocenters. The second-order valence-corrected chi connectivity index (χ2v) is 8.49. The Labute approximate surface area is 191 Å². The Morgan fingerprint density at radius 1 is 1.00 bits per heavy atom. The molecule has 1 heterocycles. The Bertz CT molecular complexity index is 1250. The number of hydrogen-bond acceptors (Lipinski definition) is 2. The molecule has 0 spiro atoms. The highest BCUT2D eigenvalue weighted by Gasteiger charge is 2.05. The number of rotatable bonds is 7. The summed E-state index contributed by atoms with van der Waals surface area (Å²) in [5.74, 6) is 1.29. The molecule has 0 fully saturated rings. The van der Waals surface area contributed by atoms with E-state index in [1.807, 2.05) is 12.3 Å². The molecule has 2 aromatic carbocycles. The maximum atomic E-state index is 4.64. The third-order valence-electron chi connectivity index (χ3n) is 5.61. The molecule has 0 radical (unpaired) electrons. The van der Waals surface area contributed by atoms with Gasteiger partial charge in [0, 0.05) is 17.8 Å². The number of aliphatic imine (C=N–C) groups is 1. The van der Waals surface area contributed by atoms with Gasteiger partial charge in [0.05, 0.1) is 10.7 Å². The number of H-pyrrole nitrogens is 1. The van der Waals surface area contributed by atoms with Gasteiger partial charge in [-0.2, -0.15) is 0 Å². The molecule has 3 heteroatoms. The lowest BCUT2D eigenvalue weighted by molar-refractivity contribution is 0.791. The molecule has 1 aromatic heterocycles. The summed E-state index contributed by atoms with van der Waals surface area (Å²) in [5, 5.41) is 1.67. The van der Waals surface area contributed by atoms with E-state index in [9.17, 15) is 0 Å². The number of allylic oxidation sites excluding steroid dienone is 2. The summed E-state index contributed by atoms with van der Waals surface area (Å²) in [7, 11) is 0. The molecule has 0 aliphatic rings. The van der Waals surface area contributed by atoms with Crippen LogP contribution < -0.4 is 10.7 Å². The van der Waals surface area contributed by atoms with Gasteiger partial charge in [-0.25, -0.2) is 4.98 Å². The molecule has 0 saturated heterocycles. The smallest absolute Gasteiger partial charge is 0.109 e. The minimum absolute atomic E-state index is 0.337. The number of aromatic nitrogens is 2. The molecule has 0 aliphatic heterocycles. The Morgan fingerprint density at radius 2 is 1.56 bits per heavy atom.